The number of benzene rings is 1. The molecule has 2 aromatic rings. The monoisotopic (exact) mass is 194 g/mol. The maximum Gasteiger partial charge on any atom is 0.134 e. The first-order valence-corrected chi connectivity index (χ1v) is 4.17. The van der Waals surface area contributed by atoms with Gasteiger partial charge in [-0.3, -0.25) is 0 Å². The van der Waals surface area contributed by atoms with Gasteiger partial charge in [-0.25, -0.2) is 0 Å². The molecule has 1 aromatic carbocycles. The zero-order valence-electron chi connectivity index (χ0n) is 6.70. The summed E-state index contributed by atoms with van der Waals surface area (Å²) in [7, 11) is 0. The molecular weight excluding hydrogens is 188 g/mol. The molecule has 1 N–H and O–H groups in total. The van der Waals surface area contributed by atoms with Crippen LogP contribution in [-0.4, -0.2) is 5.11 Å². The molecule has 66 valence electrons. The molecule has 1 heterocycles. The highest BCUT2D eigenvalue weighted by Gasteiger charge is 2.03. The lowest BCUT2D eigenvalue weighted by atomic mass is 10.2. The van der Waals surface area contributed by atoms with Gasteiger partial charge in [0.25, 0.3) is 0 Å². The van der Waals surface area contributed by atoms with Crippen molar-refractivity contribution in [1.29, 1.82) is 0 Å². The van der Waals surface area contributed by atoms with Gasteiger partial charge in [0.2, 0.25) is 0 Å². The van der Waals surface area contributed by atoms with Gasteiger partial charge >= 0.3 is 0 Å². The fraction of sp³-hybridized carbons (Fsp3) is 0. The standard InChI is InChI=1S/C10H7ClO2/c11-8-6-7(3-4-9(8)12)10-2-1-5-13-10/h1-6,12H. The second-order valence-electron chi connectivity index (χ2n) is 2.64. The highest BCUT2D eigenvalue weighted by molar-refractivity contribution is 6.32. The number of halogens is 1. The average molecular weight is 195 g/mol. The van der Waals surface area contributed by atoms with E-state index in [1.54, 1.807) is 30.5 Å². The third-order valence-electron chi connectivity index (χ3n) is 1.75. The van der Waals surface area contributed by atoms with E-state index in [0.717, 1.165) is 11.3 Å². The van der Waals surface area contributed by atoms with Crippen LogP contribution in [0.1, 0.15) is 0 Å². The van der Waals surface area contributed by atoms with Crippen LogP contribution in [0.25, 0.3) is 11.3 Å². The number of phenols is 1. The highest BCUT2D eigenvalue weighted by Crippen LogP contribution is 2.29. The predicted molar refractivity (Wildman–Crippen MR) is 50.8 cm³/mol. The SMILES string of the molecule is Oc1ccc(-c2ccco2)cc1Cl. The van der Waals surface area contributed by atoms with Crippen molar-refractivity contribution in [2.75, 3.05) is 0 Å². The number of rotatable bonds is 1. The van der Waals surface area contributed by atoms with Crippen molar-refractivity contribution in [3.05, 3.63) is 41.6 Å². The van der Waals surface area contributed by atoms with Crippen LogP contribution < -0.4 is 0 Å². The summed E-state index contributed by atoms with van der Waals surface area (Å²) >= 11 is 5.74. The lowest BCUT2D eigenvalue weighted by Gasteiger charge is -1.99. The molecule has 0 aliphatic carbocycles. The van der Waals surface area contributed by atoms with E-state index < -0.39 is 0 Å². The van der Waals surface area contributed by atoms with Crippen molar-refractivity contribution in [2.45, 2.75) is 0 Å². The summed E-state index contributed by atoms with van der Waals surface area (Å²) in [5.74, 6) is 0.818. The minimum absolute atomic E-state index is 0.0805. The van der Waals surface area contributed by atoms with Crippen LogP contribution in [0.2, 0.25) is 5.02 Å². The zero-order valence-corrected chi connectivity index (χ0v) is 7.45. The molecule has 2 nitrogen and oxygen atoms in total. The summed E-state index contributed by atoms with van der Waals surface area (Å²) in [4.78, 5) is 0. The Hall–Kier alpha value is -1.41. The minimum atomic E-state index is 0.0805. The summed E-state index contributed by atoms with van der Waals surface area (Å²) in [6.45, 7) is 0. The predicted octanol–water partition coefficient (Wildman–Crippen LogP) is 3.31. The third-order valence-corrected chi connectivity index (χ3v) is 2.06. The molecule has 0 bridgehead atoms. The Labute approximate surface area is 80.4 Å². The van der Waals surface area contributed by atoms with Gasteiger partial charge in [-0.1, -0.05) is 11.6 Å². The smallest absolute Gasteiger partial charge is 0.134 e. The molecule has 0 radical (unpaired) electrons. The summed E-state index contributed by atoms with van der Waals surface area (Å²) in [6, 6.07) is 8.59. The second-order valence-corrected chi connectivity index (χ2v) is 3.05. The van der Waals surface area contributed by atoms with E-state index in [1.165, 1.54) is 0 Å². The van der Waals surface area contributed by atoms with Crippen molar-refractivity contribution in [3.8, 4) is 17.1 Å². The molecule has 0 unspecified atom stereocenters. The number of aromatic hydroxyl groups is 1. The Morgan fingerprint density at radius 2 is 2.08 bits per heavy atom. The van der Waals surface area contributed by atoms with Gasteiger partial charge in [0.05, 0.1) is 11.3 Å². The molecular formula is C10H7ClO2. The van der Waals surface area contributed by atoms with Crippen LogP contribution in [0, 0.1) is 0 Å². The molecule has 0 amide bonds. The first-order chi connectivity index (χ1) is 6.27. The van der Waals surface area contributed by atoms with Crippen molar-refractivity contribution in [2.24, 2.45) is 0 Å². The maximum atomic E-state index is 9.18. The average Bonchev–Trinajstić information content (AvgIpc) is 2.62. The Balaban J connectivity index is 2.49. The van der Waals surface area contributed by atoms with E-state index in [0.29, 0.717) is 5.02 Å². The first kappa shape index (κ1) is 8.20. The lowest BCUT2D eigenvalue weighted by molar-refractivity contribution is 0.475. The Bertz CT molecular complexity index is 407. The molecule has 0 saturated heterocycles. The topological polar surface area (TPSA) is 33.4 Å². The van der Waals surface area contributed by atoms with Crippen LogP contribution in [0.3, 0.4) is 0 Å². The highest BCUT2D eigenvalue weighted by atomic mass is 35.5. The maximum absolute atomic E-state index is 9.18. The number of furan rings is 1. The van der Waals surface area contributed by atoms with Crippen molar-refractivity contribution in [1.82, 2.24) is 0 Å². The quantitative estimate of drug-likeness (QED) is 0.756. The molecule has 13 heavy (non-hydrogen) atoms. The van der Waals surface area contributed by atoms with E-state index in [9.17, 15) is 5.11 Å². The lowest BCUT2D eigenvalue weighted by Crippen LogP contribution is -1.74. The van der Waals surface area contributed by atoms with E-state index >= 15 is 0 Å². The first-order valence-electron chi connectivity index (χ1n) is 3.80. The minimum Gasteiger partial charge on any atom is -0.506 e. The summed E-state index contributed by atoms with van der Waals surface area (Å²) in [6.07, 6.45) is 1.59. The van der Waals surface area contributed by atoms with Gasteiger partial charge in [-0.05, 0) is 30.3 Å². The fourth-order valence-electron chi connectivity index (χ4n) is 1.10. The summed E-state index contributed by atoms with van der Waals surface area (Å²) < 4.78 is 5.17. The van der Waals surface area contributed by atoms with Gasteiger partial charge in [0, 0.05) is 5.56 Å². The molecule has 0 atom stereocenters. The van der Waals surface area contributed by atoms with E-state index in [4.69, 9.17) is 16.0 Å². The number of hydrogen-bond acceptors (Lipinski definition) is 2. The zero-order chi connectivity index (χ0) is 9.26. The Morgan fingerprint density at radius 3 is 2.69 bits per heavy atom. The van der Waals surface area contributed by atoms with Crippen molar-refractivity contribution >= 4 is 11.6 Å². The molecule has 0 spiro atoms. The normalized spacial score (nSPS) is 10.2. The van der Waals surface area contributed by atoms with Crippen molar-refractivity contribution < 1.29 is 9.52 Å². The Morgan fingerprint density at radius 1 is 1.23 bits per heavy atom. The van der Waals surface area contributed by atoms with E-state index in [2.05, 4.69) is 0 Å². The van der Waals surface area contributed by atoms with Crippen LogP contribution in [-0.2, 0) is 0 Å². The van der Waals surface area contributed by atoms with Crippen LogP contribution in [0.5, 0.6) is 5.75 Å². The van der Waals surface area contributed by atoms with Gasteiger partial charge < -0.3 is 9.52 Å². The molecule has 0 aliphatic heterocycles. The number of phenolic OH excluding ortho intramolecular Hbond substituents is 1. The fourth-order valence-corrected chi connectivity index (χ4v) is 1.28. The molecule has 0 fully saturated rings. The largest absolute Gasteiger partial charge is 0.506 e. The second kappa shape index (κ2) is 3.15. The van der Waals surface area contributed by atoms with Gasteiger partial charge in [0.1, 0.15) is 11.5 Å². The number of hydrogen-bond donors (Lipinski definition) is 1. The van der Waals surface area contributed by atoms with Crippen LogP contribution in [0.15, 0.2) is 41.0 Å². The molecule has 2 rings (SSSR count). The summed E-state index contributed by atoms with van der Waals surface area (Å²) in [5, 5.41) is 9.51. The van der Waals surface area contributed by atoms with Crippen LogP contribution in [0.4, 0.5) is 0 Å². The third kappa shape index (κ3) is 1.53. The van der Waals surface area contributed by atoms with Gasteiger partial charge in [-0.2, -0.15) is 0 Å². The van der Waals surface area contributed by atoms with E-state index in [1.807, 2.05) is 6.07 Å². The Kier molecular flexibility index (Phi) is 1.99. The van der Waals surface area contributed by atoms with Crippen LogP contribution >= 0.6 is 11.6 Å². The van der Waals surface area contributed by atoms with Crippen molar-refractivity contribution in [3.63, 3.8) is 0 Å². The summed E-state index contributed by atoms with van der Waals surface area (Å²) in [5.41, 5.74) is 0.854. The van der Waals surface area contributed by atoms with E-state index in [-0.39, 0.29) is 5.75 Å². The molecule has 0 saturated carbocycles. The van der Waals surface area contributed by atoms with Gasteiger partial charge in [0.15, 0.2) is 0 Å². The van der Waals surface area contributed by atoms with Gasteiger partial charge in [-0.15, -0.1) is 0 Å². The molecule has 3 heteroatoms. The molecule has 1 aromatic heterocycles. The molecule has 0 aliphatic rings.